The molecule has 0 unspecified atom stereocenters. The van der Waals surface area contributed by atoms with Gasteiger partial charge >= 0.3 is 0 Å². The van der Waals surface area contributed by atoms with Crippen molar-refractivity contribution < 1.29 is 24.0 Å². The Kier molecular flexibility index (Phi) is 9.56. The Hall–Kier alpha value is -4.51. The minimum atomic E-state index is -0.491. The summed E-state index contributed by atoms with van der Waals surface area (Å²) in [7, 11) is 3.10. The van der Waals surface area contributed by atoms with E-state index < -0.39 is 16.7 Å². The highest BCUT2D eigenvalue weighted by atomic mass is 16.6. The highest BCUT2D eigenvalue weighted by Crippen LogP contribution is 2.27. The summed E-state index contributed by atoms with van der Waals surface area (Å²) < 4.78 is 12.0. The van der Waals surface area contributed by atoms with Gasteiger partial charge < -0.3 is 19.7 Å². The summed E-state index contributed by atoms with van der Waals surface area (Å²) in [5.41, 5.74) is 1.83. The van der Waals surface area contributed by atoms with Crippen LogP contribution in [-0.4, -0.2) is 65.3 Å². The van der Waals surface area contributed by atoms with Crippen LogP contribution in [0.25, 0.3) is 11.8 Å². The number of hydrogen-bond donors (Lipinski definition) is 1. The topological polar surface area (TPSA) is 129 Å². The molecule has 11 nitrogen and oxygen atoms in total. The number of nitrogens with zero attached hydrogens (tertiary/aromatic N) is 4. The van der Waals surface area contributed by atoms with Crippen LogP contribution in [0.4, 0.5) is 11.5 Å². The minimum Gasteiger partial charge on any atom is -0.497 e. The van der Waals surface area contributed by atoms with Gasteiger partial charge in [-0.25, -0.2) is 4.68 Å². The number of rotatable bonds is 11. The number of non-ortho nitro benzene ring substituents is 1. The van der Waals surface area contributed by atoms with Crippen molar-refractivity contribution in [3.8, 4) is 11.4 Å². The van der Waals surface area contributed by atoms with Crippen LogP contribution in [0, 0.1) is 10.1 Å². The molecule has 0 aliphatic heterocycles. The fourth-order valence-electron chi connectivity index (χ4n) is 3.56. The van der Waals surface area contributed by atoms with Gasteiger partial charge in [-0.05, 0) is 48.0 Å². The highest BCUT2D eigenvalue weighted by molar-refractivity contribution is 5.98. The molecule has 3 rings (SSSR count). The molecule has 0 atom stereocenters. The summed E-state index contributed by atoms with van der Waals surface area (Å²) in [5, 5.41) is 18.4. The molecule has 1 aromatic heterocycles. The zero-order chi connectivity index (χ0) is 28.6. The van der Waals surface area contributed by atoms with Crippen LogP contribution in [0.3, 0.4) is 0 Å². The van der Waals surface area contributed by atoms with Gasteiger partial charge in [-0.2, -0.15) is 5.10 Å². The number of hydrogen-bond acceptors (Lipinski definition) is 7. The summed E-state index contributed by atoms with van der Waals surface area (Å²) in [6, 6.07) is 14.9. The van der Waals surface area contributed by atoms with Crippen LogP contribution < -0.4 is 10.1 Å². The lowest BCUT2D eigenvalue weighted by molar-refractivity contribution is -0.384. The van der Waals surface area contributed by atoms with E-state index in [1.165, 1.54) is 36.3 Å². The number of nitrogens with one attached hydrogen (secondary N) is 1. The van der Waals surface area contributed by atoms with E-state index in [1.807, 2.05) is 51.1 Å². The van der Waals surface area contributed by atoms with E-state index in [1.54, 1.807) is 23.9 Å². The molecule has 3 aromatic rings. The average Bonchev–Trinajstić information content (AvgIpc) is 3.34. The largest absolute Gasteiger partial charge is 0.497 e. The third kappa shape index (κ3) is 7.99. The monoisotopic (exact) mass is 535 g/mol. The molecule has 1 N–H and O–H groups in total. The fourth-order valence-corrected chi connectivity index (χ4v) is 3.56. The van der Waals surface area contributed by atoms with Crippen molar-refractivity contribution in [1.29, 1.82) is 0 Å². The summed E-state index contributed by atoms with van der Waals surface area (Å²) in [5.74, 6) is 0.357. The summed E-state index contributed by atoms with van der Waals surface area (Å²) in [6.45, 7) is 6.30. The van der Waals surface area contributed by atoms with Gasteiger partial charge in [0.15, 0.2) is 0 Å². The molecule has 11 heteroatoms. The van der Waals surface area contributed by atoms with E-state index in [9.17, 15) is 19.7 Å². The van der Waals surface area contributed by atoms with Gasteiger partial charge in [-0.3, -0.25) is 19.7 Å². The van der Waals surface area contributed by atoms with E-state index in [2.05, 4.69) is 5.32 Å². The average molecular weight is 536 g/mol. The van der Waals surface area contributed by atoms with Gasteiger partial charge in [0.25, 0.3) is 5.69 Å². The van der Waals surface area contributed by atoms with Crippen molar-refractivity contribution in [3.05, 3.63) is 82.0 Å². The van der Waals surface area contributed by atoms with Crippen molar-refractivity contribution in [2.24, 2.45) is 0 Å². The number of nitro benzene ring substituents is 1. The number of ether oxygens (including phenoxy) is 2. The molecule has 0 saturated heterocycles. The van der Waals surface area contributed by atoms with Crippen LogP contribution in [0.15, 0.2) is 60.7 Å². The summed E-state index contributed by atoms with van der Waals surface area (Å²) >= 11 is 0. The van der Waals surface area contributed by atoms with E-state index in [0.29, 0.717) is 17.1 Å². The quantitative estimate of drug-likeness (QED) is 0.221. The maximum absolute atomic E-state index is 13.1. The first-order valence-corrected chi connectivity index (χ1v) is 12.3. The molecule has 0 fully saturated rings. The molecule has 1 heterocycles. The molecule has 0 radical (unpaired) electrons. The van der Waals surface area contributed by atoms with Crippen LogP contribution in [0.5, 0.6) is 5.75 Å². The number of amides is 2. The second kappa shape index (κ2) is 12.8. The lowest BCUT2D eigenvalue weighted by atomic mass is 9.92. The molecular formula is C28H33N5O6. The van der Waals surface area contributed by atoms with Crippen molar-refractivity contribution >= 4 is 29.4 Å². The normalized spacial score (nSPS) is 11.4. The molecular weight excluding hydrogens is 502 g/mol. The highest BCUT2D eigenvalue weighted by Gasteiger charge is 2.23. The number of methoxy groups -OCH3 is 2. The maximum atomic E-state index is 13.1. The van der Waals surface area contributed by atoms with E-state index in [-0.39, 0.29) is 30.8 Å². The minimum absolute atomic E-state index is 0.0413. The third-order valence-electron chi connectivity index (χ3n) is 5.80. The lowest BCUT2D eigenvalue weighted by Gasteiger charge is -2.20. The van der Waals surface area contributed by atoms with Crippen LogP contribution in [0.1, 0.15) is 32.0 Å². The van der Waals surface area contributed by atoms with Gasteiger partial charge in [0.2, 0.25) is 11.8 Å². The number of nitro groups is 1. The second-order valence-corrected chi connectivity index (χ2v) is 9.76. The van der Waals surface area contributed by atoms with Gasteiger partial charge in [0.05, 0.1) is 30.0 Å². The van der Waals surface area contributed by atoms with Crippen molar-refractivity contribution in [1.82, 2.24) is 14.7 Å². The molecule has 0 saturated carbocycles. The van der Waals surface area contributed by atoms with Gasteiger partial charge in [-0.1, -0.05) is 20.8 Å². The van der Waals surface area contributed by atoms with Crippen molar-refractivity contribution in [2.75, 3.05) is 39.2 Å². The lowest BCUT2D eigenvalue weighted by Crippen LogP contribution is -2.39. The molecule has 0 aliphatic carbocycles. The van der Waals surface area contributed by atoms with Gasteiger partial charge in [-0.15, -0.1) is 0 Å². The molecule has 2 amide bonds. The Balaban J connectivity index is 1.78. The first kappa shape index (κ1) is 29.1. The first-order valence-electron chi connectivity index (χ1n) is 12.3. The van der Waals surface area contributed by atoms with Crippen molar-refractivity contribution in [2.45, 2.75) is 26.2 Å². The van der Waals surface area contributed by atoms with E-state index in [0.717, 1.165) is 11.4 Å². The standard InChI is InChI=1S/C28H33N5O6/c1-28(2,3)24-18-25(32(30-24)21-11-13-23(39-5)14-12-21)29-26(34)19-31(16-17-38-4)27(35)15-8-20-6-9-22(10-7-20)33(36)37/h6-15,18H,16-17,19H2,1-5H3,(H,29,34). The molecule has 0 spiro atoms. The molecule has 39 heavy (non-hydrogen) atoms. The smallest absolute Gasteiger partial charge is 0.269 e. The Morgan fingerprint density at radius 2 is 1.77 bits per heavy atom. The number of carbonyl (C=O) groups excluding carboxylic acids is 2. The third-order valence-corrected chi connectivity index (χ3v) is 5.80. The predicted molar refractivity (Wildman–Crippen MR) is 148 cm³/mol. The molecule has 206 valence electrons. The van der Waals surface area contributed by atoms with Gasteiger partial charge in [0, 0.05) is 43.3 Å². The predicted octanol–water partition coefficient (Wildman–Crippen LogP) is 4.21. The first-order chi connectivity index (χ1) is 18.5. The SMILES string of the molecule is COCCN(CC(=O)Nc1cc(C(C)(C)C)nn1-c1ccc(OC)cc1)C(=O)C=Cc1ccc([N+](=O)[O-])cc1. The van der Waals surface area contributed by atoms with Crippen LogP contribution in [-0.2, 0) is 19.7 Å². The number of aromatic nitrogens is 2. The molecule has 0 aliphatic rings. The number of carbonyl (C=O) groups is 2. The van der Waals surface area contributed by atoms with E-state index in [4.69, 9.17) is 14.6 Å². The Morgan fingerprint density at radius 1 is 1.10 bits per heavy atom. The molecule has 0 bridgehead atoms. The fraction of sp³-hybridized carbons (Fsp3) is 0.321. The summed E-state index contributed by atoms with van der Waals surface area (Å²) in [4.78, 5) is 37.8. The number of anilines is 1. The van der Waals surface area contributed by atoms with Crippen molar-refractivity contribution in [3.63, 3.8) is 0 Å². The maximum Gasteiger partial charge on any atom is 0.269 e. The molecule has 2 aromatic carbocycles. The zero-order valence-electron chi connectivity index (χ0n) is 22.7. The van der Waals surface area contributed by atoms with Gasteiger partial charge in [0.1, 0.15) is 18.1 Å². The second-order valence-electron chi connectivity index (χ2n) is 9.76. The van der Waals surface area contributed by atoms with Crippen LogP contribution in [0.2, 0.25) is 0 Å². The summed E-state index contributed by atoms with van der Waals surface area (Å²) in [6.07, 6.45) is 2.86. The Labute approximate surface area is 227 Å². The van der Waals surface area contributed by atoms with Crippen LogP contribution >= 0.6 is 0 Å². The zero-order valence-corrected chi connectivity index (χ0v) is 22.7. The Bertz CT molecular complexity index is 1320. The van der Waals surface area contributed by atoms with E-state index >= 15 is 0 Å². The number of benzene rings is 2. The Morgan fingerprint density at radius 3 is 2.33 bits per heavy atom.